The van der Waals surface area contributed by atoms with Gasteiger partial charge < -0.3 is 14.2 Å². The number of carbonyl (C=O) groups is 1. The highest BCUT2D eigenvalue weighted by molar-refractivity contribution is 7.99. The molecule has 16 heavy (non-hydrogen) atoms. The zero-order valence-electron chi connectivity index (χ0n) is 8.11. The molecule has 0 amide bonds. The lowest BCUT2D eigenvalue weighted by molar-refractivity contribution is -0.133. The molecule has 0 aliphatic heterocycles. The van der Waals surface area contributed by atoms with E-state index in [0.717, 1.165) is 11.8 Å². The Kier molecular flexibility index (Phi) is 3.20. The Morgan fingerprint density at radius 3 is 3.12 bits per heavy atom. The standard InChI is InChI=1S/C8H8N4O3S/c13-7(14)4-16-8-9-1-2-12(8)3-6-10-5-15-11-6/h1-2,5H,3-4H2,(H,13,14). The van der Waals surface area contributed by atoms with Crippen molar-refractivity contribution >= 4 is 17.7 Å². The molecule has 0 saturated carbocycles. The van der Waals surface area contributed by atoms with Crippen LogP contribution >= 0.6 is 11.8 Å². The highest BCUT2D eigenvalue weighted by Crippen LogP contribution is 2.15. The summed E-state index contributed by atoms with van der Waals surface area (Å²) in [5, 5.41) is 12.8. The van der Waals surface area contributed by atoms with Gasteiger partial charge in [0.25, 0.3) is 0 Å². The first-order valence-electron chi connectivity index (χ1n) is 4.36. The normalized spacial score (nSPS) is 10.5. The minimum absolute atomic E-state index is 0.0245. The summed E-state index contributed by atoms with van der Waals surface area (Å²) in [5.41, 5.74) is 0. The molecule has 0 unspecified atom stereocenters. The van der Waals surface area contributed by atoms with Gasteiger partial charge in [-0.05, 0) is 0 Å². The number of nitrogens with zero attached hydrogens (tertiary/aromatic N) is 4. The summed E-state index contributed by atoms with van der Waals surface area (Å²) in [6, 6.07) is 0. The fraction of sp³-hybridized carbons (Fsp3) is 0.250. The quantitative estimate of drug-likeness (QED) is 0.760. The number of carboxylic acid groups (broad SMARTS) is 1. The molecule has 1 N–H and O–H groups in total. The molecule has 7 nitrogen and oxygen atoms in total. The van der Waals surface area contributed by atoms with Crippen LogP contribution in [0, 0.1) is 0 Å². The van der Waals surface area contributed by atoms with Gasteiger partial charge in [0, 0.05) is 12.4 Å². The fourth-order valence-electron chi connectivity index (χ4n) is 1.10. The zero-order valence-corrected chi connectivity index (χ0v) is 8.92. The maximum absolute atomic E-state index is 10.4. The summed E-state index contributed by atoms with van der Waals surface area (Å²) < 4.78 is 6.37. The number of hydrogen-bond donors (Lipinski definition) is 1. The van der Waals surface area contributed by atoms with Gasteiger partial charge in [0.15, 0.2) is 11.0 Å². The van der Waals surface area contributed by atoms with Crippen LogP contribution in [0.25, 0.3) is 0 Å². The molecule has 84 valence electrons. The maximum atomic E-state index is 10.4. The Labute approximate surface area is 94.5 Å². The summed E-state index contributed by atoms with van der Waals surface area (Å²) in [6.45, 7) is 0.415. The Bertz CT molecular complexity index is 467. The zero-order chi connectivity index (χ0) is 11.4. The number of aliphatic carboxylic acids is 1. The van der Waals surface area contributed by atoms with E-state index in [9.17, 15) is 4.79 Å². The molecule has 0 spiro atoms. The molecular weight excluding hydrogens is 232 g/mol. The summed E-state index contributed by atoms with van der Waals surface area (Å²) in [4.78, 5) is 18.3. The number of hydrogen-bond acceptors (Lipinski definition) is 6. The van der Waals surface area contributed by atoms with Crippen LogP contribution in [0.4, 0.5) is 0 Å². The van der Waals surface area contributed by atoms with E-state index in [0.29, 0.717) is 17.5 Å². The molecule has 0 saturated heterocycles. The average molecular weight is 240 g/mol. The van der Waals surface area contributed by atoms with Crippen molar-refractivity contribution in [2.75, 3.05) is 5.75 Å². The third-order valence-electron chi connectivity index (χ3n) is 1.72. The molecule has 0 radical (unpaired) electrons. The summed E-state index contributed by atoms with van der Waals surface area (Å²) in [7, 11) is 0. The van der Waals surface area contributed by atoms with Crippen molar-refractivity contribution in [1.29, 1.82) is 0 Å². The van der Waals surface area contributed by atoms with Gasteiger partial charge in [-0.15, -0.1) is 0 Å². The molecule has 0 fully saturated rings. The molecule has 0 aliphatic rings. The van der Waals surface area contributed by atoms with Gasteiger partial charge in [-0.3, -0.25) is 4.79 Å². The summed E-state index contributed by atoms with van der Waals surface area (Å²) >= 11 is 1.15. The largest absolute Gasteiger partial charge is 0.481 e. The Hall–Kier alpha value is -1.83. The second kappa shape index (κ2) is 4.79. The number of carboxylic acids is 1. The van der Waals surface area contributed by atoms with E-state index in [1.54, 1.807) is 17.0 Å². The van der Waals surface area contributed by atoms with Crippen LogP contribution in [0.15, 0.2) is 28.5 Å². The van der Waals surface area contributed by atoms with Crippen molar-refractivity contribution in [2.45, 2.75) is 11.7 Å². The lowest BCUT2D eigenvalue weighted by atomic mass is 10.6. The van der Waals surface area contributed by atoms with Crippen molar-refractivity contribution in [1.82, 2.24) is 19.7 Å². The molecule has 2 rings (SSSR count). The van der Waals surface area contributed by atoms with Gasteiger partial charge in [-0.25, -0.2) is 4.98 Å². The van der Waals surface area contributed by atoms with Gasteiger partial charge in [-0.1, -0.05) is 16.9 Å². The van der Waals surface area contributed by atoms with E-state index in [-0.39, 0.29) is 5.75 Å². The van der Waals surface area contributed by atoms with Gasteiger partial charge in [0.2, 0.25) is 6.39 Å². The van der Waals surface area contributed by atoms with Crippen LogP contribution in [-0.4, -0.2) is 36.5 Å². The first-order valence-corrected chi connectivity index (χ1v) is 5.35. The van der Waals surface area contributed by atoms with Crippen molar-refractivity contribution < 1.29 is 14.4 Å². The lowest BCUT2D eigenvalue weighted by Gasteiger charge is -2.02. The molecule has 2 aromatic rings. The Morgan fingerprint density at radius 2 is 2.44 bits per heavy atom. The van der Waals surface area contributed by atoms with E-state index in [2.05, 4.69) is 19.6 Å². The Balaban J connectivity index is 2.04. The highest BCUT2D eigenvalue weighted by Gasteiger charge is 2.08. The minimum atomic E-state index is -0.876. The van der Waals surface area contributed by atoms with Crippen molar-refractivity contribution in [2.24, 2.45) is 0 Å². The highest BCUT2D eigenvalue weighted by atomic mass is 32.2. The molecule has 2 heterocycles. The summed E-state index contributed by atoms with van der Waals surface area (Å²) in [5.74, 6) is -0.377. The molecule has 0 atom stereocenters. The molecular formula is C8H8N4O3S. The number of aromatic nitrogens is 4. The van der Waals surface area contributed by atoms with Gasteiger partial charge in [-0.2, -0.15) is 4.98 Å². The first-order chi connectivity index (χ1) is 7.75. The molecule has 0 aromatic carbocycles. The topological polar surface area (TPSA) is 94.0 Å². The van der Waals surface area contributed by atoms with E-state index in [1.165, 1.54) is 6.39 Å². The predicted molar refractivity (Wildman–Crippen MR) is 54.0 cm³/mol. The van der Waals surface area contributed by atoms with Crippen LogP contribution in [0.2, 0.25) is 0 Å². The van der Waals surface area contributed by atoms with Crippen LogP contribution in [0.3, 0.4) is 0 Å². The number of imidazole rings is 1. The number of rotatable bonds is 5. The smallest absolute Gasteiger partial charge is 0.313 e. The van der Waals surface area contributed by atoms with E-state index in [1.807, 2.05) is 0 Å². The molecule has 2 aromatic heterocycles. The number of thioether (sulfide) groups is 1. The van der Waals surface area contributed by atoms with Gasteiger partial charge in [0.1, 0.15) is 0 Å². The SMILES string of the molecule is O=C(O)CSc1nccn1Cc1ncon1. The van der Waals surface area contributed by atoms with Gasteiger partial charge in [0.05, 0.1) is 12.3 Å². The monoisotopic (exact) mass is 240 g/mol. The van der Waals surface area contributed by atoms with Crippen LogP contribution in [-0.2, 0) is 11.3 Å². The maximum Gasteiger partial charge on any atom is 0.313 e. The summed E-state index contributed by atoms with van der Waals surface area (Å²) in [6.07, 6.45) is 4.58. The van der Waals surface area contributed by atoms with Crippen molar-refractivity contribution in [3.63, 3.8) is 0 Å². The third kappa shape index (κ3) is 2.60. The molecule has 0 bridgehead atoms. The lowest BCUT2D eigenvalue weighted by Crippen LogP contribution is -2.04. The van der Waals surface area contributed by atoms with Crippen molar-refractivity contribution in [3.8, 4) is 0 Å². The fourth-order valence-corrected chi connectivity index (χ4v) is 1.78. The van der Waals surface area contributed by atoms with Gasteiger partial charge >= 0.3 is 5.97 Å². The second-order valence-corrected chi connectivity index (χ2v) is 3.81. The molecule has 8 heteroatoms. The van der Waals surface area contributed by atoms with E-state index < -0.39 is 5.97 Å². The first kappa shape index (κ1) is 10.7. The Morgan fingerprint density at radius 1 is 1.56 bits per heavy atom. The third-order valence-corrected chi connectivity index (χ3v) is 2.71. The predicted octanol–water partition coefficient (Wildman–Crippen LogP) is 0.491. The second-order valence-electron chi connectivity index (χ2n) is 2.87. The van der Waals surface area contributed by atoms with Crippen LogP contribution < -0.4 is 0 Å². The van der Waals surface area contributed by atoms with E-state index >= 15 is 0 Å². The van der Waals surface area contributed by atoms with Crippen LogP contribution in [0.1, 0.15) is 5.82 Å². The minimum Gasteiger partial charge on any atom is -0.481 e. The van der Waals surface area contributed by atoms with Crippen molar-refractivity contribution in [3.05, 3.63) is 24.6 Å². The average Bonchev–Trinajstić information content (AvgIpc) is 2.87. The molecule has 0 aliphatic carbocycles. The van der Waals surface area contributed by atoms with Crippen LogP contribution in [0.5, 0.6) is 0 Å². The van der Waals surface area contributed by atoms with E-state index in [4.69, 9.17) is 5.11 Å².